The van der Waals surface area contributed by atoms with Gasteiger partial charge in [0.05, 0.1) is 0 Å². The molecule has 2 N–H and O–H groups in total. The van der Waals surface area contributed by atoms with E-state index in [2.05, 4.69) is 10.6 Å². The zero-order chi connectivity index (χ0) is 18.3. The molecular formula is C20H20N2O4. The number of amides is 2. The lowest BCUT2D eigenvalue weighted by molar-refractivity contribution is -0.131. The van der Waals surface area contributed by atoms with Gasteiger partial charge in [-0.1, -0.05) is 12.1 Å². The van der Waals surface area contributed by atoms with E-state index in [-0.39, 0.29) is 18.6 Å². The van der Waals surface area contributed by atoms with Crippen molar-refractivity contribution in [1.82, 2.24) is 0 Å². The summed E-state index contributed by atoms with van der Waals surface area (Å²) in [6, 6.07) is 11.1. The van der Waals surface area contributed by atoms with E-state index in [0.29, 0.717) is 30.0 Å². The first kappa shape index (κ1) is 16.4. The lowest BCUT2D eigenvalue weighted by atomic mass is 10.0. The molecule has 2 aliphatic rings. The van der Waals surface area contributed by atoms with Crippen LogP contribution in [0, 0.1) is 19.3 Å². The van der Waals surface area contributed by atoms with Crippen LogP contribution in [0.3, 0.4) is 0 Å². The van der Waals surface area contributed by atoms with E-state index < -0.39 is 5.41 Å². The van der Waals surface area contributed by atoms with Gasteiger partial charge in [-0.3, -0.25) is 9.59 Å². The molecule has 2 aromatic rings. The molecular weight excluding hydrogens is 332 g/mol. The minimum atomic E-state index is -1.01. The zero-order valence-electron chi connectivity index (χ0n) is 14.7. The largest absolute Gasteiger partial charge is 0.454 e. The Kier molecular flexibility index (Phi) is 3.83. The molecule has 6 nitrogen and oxygen atoms in total. The fourth-order valence-corrected chi connectivity index (χ4v) is 3.02. The molecule has 0 bridgehead atoms. The standard InChI is InChI=1S/C20H20N2O4/c1-12-3-4-13(2)15(9-12)22-19(24)20(7-8-20)18(23)21-14-5-6-16-17(10-14)26-11-25-16/h3-6,9-10H,7-8,11H2,1-2H3,(H,21,23)(H,22,24). The van der Waals surface area contributed by atoms with E-state index in [9.17, 15) is 9.59 Å². The number of rotatable bonds is 4. The Labute approximate surface area is 151 Å². The lowest BCUT2D eigenvalue weighted by Gasteiger charge is -2.17. The second-order valence-electron chi connectivity index (χ2n) is 6.88. The topological polar surface area (TPSA) is 76.7 Å². The van der Waals surface area contributed by atoms with Crippen molar-refractivity contribution >= 4 is 23.2 Å². The molecule has 1 saturated carbocycles. The van der Waals surface area contributed by atoms with Crippen LogP contribution in [0.5, 0.6) is 11.5 Å². The summed E-state index contributed by atoms with van der Waals surface area (Å²) in [5, 5.41) is 5.75. The fourth-order valence-electron chi connectivity index (χ4n) is 3.02. The maximum Gasteiger partial charge on any atom is 0.240 e. The molecule has 4 rings (SSSR count). The van der Waals surface area contributed by atoms with Crippen LogP contribution < -0.4 is 20.1 Å². The first-order valence-corrected chi connectivity index (χ1v) is 8.58. The Balaban J connectivity index is 1.48. The highest BCUT2D eigenvalue weighted by Gasteiger charge is 2.56. The summed E-state index contributed by atoms with van der Waals surface area (Å²) in [4.78, 5) is 25.5. The van der Waals surface area contributed by atoms with E-state index in [0.717, 1.165) is 16.8 Å². The van der Waals surface area contributed by atoms with Crippen molar-refractivity contribution in [3.8, 4) is 11.5 Å². The molecule has 2 amide bonds. The second kappa shape index (κ2) is 6.05. The van der Waals surface area contributed by atoms with Gasteiger partial charge in [0, 0.05) is 17.4 Å². The van der Waals surface area contributed by atoms with E-state index in [1.807, 2.05) is 32.0 Å². The molecule has 0 unspecified atom stereocenters. The highest BCUT2D eigenvalue weighted by molar-refractivity contribution is 6.17. The zero-order valence-corrected chi connectivity index (χ0v) is 14.7. The summed E-state index contributed by atoms with van der Waals surface area (Å²) in [6.07, 6.45) is 1.08. The van der Waals surface area contributed by atoms with Crippen LogP contribution >= 0.6 is 0 Å². The normalized spacial score (nSPS) is 16.1. The smallest absolute Gasteiger partial charge is 0.240 e. The summed E-state index contributed by atoms with van der Waals surface area (Å²) >= 11 is 0. The van der Waals surface area contributed by atoms with E-state index in [1.54, 1.807) is 18.2 Å². The van der Waals surface area contributed by atoms with E-state index in [4.69, 9.17) is 9.47 Å². The molecule has 1 aliphatic heterocycles. The maximum atomic E-state index is 12.8. The van der Waals surface area contributed by atoms with E-state index in [1.165, 1.54) is 0 Å². The quantitative estimate of drug-likeness (QED) is 0.827. The van der Waals surface area contributed by atoms with Gasteiger partial charge in [0.15, 0.2) is 11.5 Å². The number of carbonyl (C=O) groups excluding carboxylic acids is 2. The van der Waals surface area contributed by atoms with Gasteiger partial charge in [-0.25, -0.2) is 0 Å². The van der Waals surface area contributed by atoms with Crippen molar-refractivity contribution in [2.45, 2.75) is 26.7 Å². The molecule has 0 aromatic heterocycles. The van der Waals surface area contributed by atoms with Gasteiger partial charge >= 0.3 is 0 Å². The number of benzene rings is 2. The third-order valence-corrected chi connectivity index (χ3v) is 4.89. The van der Waals surface area contributed by atoms with Crippen molar-refractivity contribution < 1.29 is 19.1 Å². The predicted octanol–water partition coefficient (Wildman–Crippen LogP) is 3.39. The summed E-state index contributed by atoms with van der Waals surface area (Å²) in [7, 11) is 0. The molecule has 1 heterocycles. The molecule has 26 heavy (non-hydrogen) atoms. The number of aryl methyl sites for hydroxylation is 2. The van der Waals surface area contributed by atoms with Crippen LogP contribution in [-0.2, 0) is 9.59 Å². The predicted molar refractivity (Wildman–Crippen MR) is 97.4 cm³/mol. The molecule has 0 radical (unpaired) electrons. The van der Waals surface area contributed by atoms with Crippen LogP contribution in [0.2, 0.25) is 0 Å². The maximum absolute atomic E-state index is 12.8. The average Bonchev–Trinajstić information content (AvgIpc) is 3.31. The van der Waals surface area contributed by atoms with Gasteiger partial charge in [-0.2, -0.15) is 0 Å². The average molecular weight is 352 g/mol. The van der Waals surface area contributed by atoms with E-state index >= 15 is 0 Å². The summed E-state index contributed by atoms with van der Waals surface area (Å²) < 4.78 is 10.6. The molecule has 0 saturated heterocycles. The third-order valence-electron chi connectivity index (χ3n) is 4.89. The van der Waals surface area contributed by atoms with Gasteiger partial charge in [-0.15, -0.1) is 0 Å². The molecule has 134 valence electrons. The van der Waals surface area contributed by atoms with Crippen LogP contribution in [0.15, 0.2) is 36.4 Å². The highest BCUT2D eigenvalue weighted by Crippen LogP contribution is 2.48. The highest BCUT2D eigenvalue weighted by atomic mass is 16.7. The third kappa shape index (κ3) is 2.87. The minimum absolute atomic E-state index is 0.176. The minimum Gasteiger partial charge on any atom is -0.454 e. The van der Waals surface area contributed by atoms with Crippen molar-refractivity contribution in [3.63, 3.8) is 0 Å². The van der Waals surface area contributed by atoms with Gasteiger partial charge < -0.3 is 20.1 Å². The molecule has 0 atom stereocenters. The van der Waals surface area contributed by atoms with Gasteiger partial charge in [0.2, 0.25) is 18.6 Å². The molecule has 1 fully saturated rings. The first-order chi connectivity index (χ1) is 12.5. The Morgan fingerprint density at radius 1 is 0.923 bits per heavy atom. The summed E-state index contributed by atoms with van der Waals surface area (Å²) in [5.41, 5.74) is 2.35. The molecule has 0 spiro atoms. The number of hydrogen-bond acceptors (Lipinski definition) is 4. The Hall–Kier alpha value is -3.02. The molecule has 6 heteroatoms. The first-order valence-electron chi connectivity index (χ1n) is 8.58. The van der Waals surface area contributed by atoms with Gasteiger partial charge in [0.25, 0.3) is 0 Å². The number of ether oxygens (including phenoxy) is 2. The van der Waals surface area contributed by atoms with Crippen LogP contribution in [0.25, 0.3) is 0 Å². The monoisotopic (exact) mass is 352 g/mol. The van der Waals surface area contributed by atoms with Crippen molar-refractivity contribution in [2.75, 3.05) is 17.4 Å². The van der Waals surface area contributed by atoms with Gasteiger partial charge in [0.1, 0.15) is 5.41 Å². The van der Waals surface area contributed by atoms with Crippen molar-refractivity contribution in [3.05, 3.63) is 47.5 Å². The fraction of sp³-hybridized carbons (Fsp3) is 0.300. The summed E-state index contributed by atoms with van der Waals surface area (Å²) in [6.45, 7) is 4.07. The van der Waals surface area contributed by atoms with Crippen molar-refractivity contribution in [2.24, 2.45) is 5.41 Å². The number of anilines is 2. The number of nitrogens with one attached hydrogen (secondary N) is 2. The van der Waals surface area contributed by atoms with Crippen LogP contribution in [0.1, 0.15) is 24.0 Å². The second-order valence-corrected chi connectivity index (χ2v) is 6.88. The van der Waals surface area contributed by atoms with Gasteiger partial charge in [-0.05, 0) is 56.0 Å². The number of carbonyl (C=O) groups is 2. The Morgan fingerprint density at radius 2 is 1.65 bits per heavy atom. The summed E-state index contributed by atoms with van der Waals surface area (Å²) in [5.74, 6) is 0.688. The SMILES string of the molecule is Cc1ccc(C)c(NC(=O)C2(C(=O)Nc3ccc4c(c3)OCO4)CC2)c1. The Bertz CT molecular complexity index is 903. The number of hydrogen-bond donors (Lipinski definition) is 2. The lowest BCUT2D eigenvalue weighted by Crippen LogP contribution is -2.35. The number of fused-ring (bicyclic) bond motifs is 1. The molecule has 2 aromatic carbocycles. The van der Waals surface area contributed by atoms with Crippen LogP contribution in [-0.4, -0.2) is 18.6 Å². The molecule has 1 aliphatic carbocycles. The van der Waals surface area contributed by atoms with Crippen LogP contribution in [0.4, 0.5) is 11.4 Å². The Morgan fingerprint density at radius 3 is 2.42 bits per heavy atom. The van der Waals surface area contributed by atoms with Crippen molar-refractivity contribution in [1.29, 1.82) is 0 Å².